The minimum atomic E-state index is 0.310. The van der Waals surface area contributed by atoms with Crippen LogP contribution < -0.4 is 11.3 Å². The molecule has 2 aromatic rings. The highest BCUT2D eigenvalue weighted by Crippen LogP contribution is 2.20. The molecule has 0 spiro atoms. The summed E-state index contributed by atoms with van der Waals surface area (Å²) in [5, 5.41) is 4.92. The second-order valence-electron chi connectivity index (χ2n) is 3.76. The lowest BCUT2D eigenvalue weighted by molar-refractivity contribution is 0.769. The van der Waals surface area contributed by atoms with Crippen molar-refractivity contribution in [2.24, 2.45) is 5.84 Å². The van der Waals surface area contributed by atoms with Crippen molar-refractivity contribution in [1.82, 2.24) is 19.7 Å². The second-order valence-corrected chi connectivity index (χ2v) is 4.16. The van der Waals surface area contributed by atoms with Gasteiger partial charge < -0.3 is 0 Å². The molecule has 0 saturated carbocycles. The first-order valence-corrected chi connectivity index (χ1v) is 6.14. The maximum atomic E-state index is 6.11. The van der Waals surface area contributed by atoms with Gasteiger partial charge in [0.15, 0.2) is 5.82 Å². The van der Waals surface area contributed by atoms with Gasteiger partial charge in [-0.1, -0.05) is 25.4 Å². The van der Waals surface area contributed by atoms with Crippen LogP contribution >= 0.6 is 11.6 Å². The Labute approximate surface area is 110 Å². The fourth-order valence-corrected chi connectivity index (χ4v) is 1.83. The van der Waals surface area contributed by atoms with E-state index < -0.39 is 0 Å². The summed E-state index contributed by atoms with van der Waals surface area (Å²) < 4.78 is 1.74. The van der Waals surface area contributed by atoms with E-state index in [4.69, 9.17) is 17.4 Å². The van der Waals surface area contributed by atoms with E-state index in [1.807, 2.05) is 6.07 Å². The minimum absolute atomic E-state index is 0.310. The number of aryl methyl sites for hydroxylation is 2. The fraction of sp³-hybridized carbons (Fsp3) is 0.364. The predicted molar refractivity (Wildman–Crippen MR) is 70.7 cm³/mol. The van der Waals surface area contributed by atoms with Gasteiger partial charge in [-0.15, -0.1) is 0 Å². The number of aromatic nitrogens is 4. The molecule has 18 heavy (non-hydrogen) atoms. The van der Waals surface area contributed by atoms with Crippen LogP contribution in [-0.4, -0.2) is 19.7 Å². The average molecular weight is 267 g/mol. The smallest absolute Gasteiger partial charge is 0.239 e. The van der Waals surface area contributed by atoms with Crippen LogP contribution in [0.2, 0.25) is 5.02 Å². The molecule has 0 aromatic carbocycles. The van der Waals surface area contributed by atoms with Crippen LogP contribution in [0.5, 0.6) is 0 Å². The normalized spacial score (nSPS) is 10.7. The molecule has 0 saturated heterocycles. The van der Waals surface area contributed by atoms with Gasteiger partial charge in [-0.3, -0.25) is 5.43 Å². The molecule has 0 aliphatic rings. The molecular formula is C11H15ClN6. The van der Waals surface area contributed by atoms with E-state index >= 15 is 0 Å². The number of hydrazine groups is 1. The summed E-state index contributed by atoms with van der Waals surface area (Å²) in [6, 6.07) is 2.05. The highest BCUT2D eigenvalue weighted by Gasteiger charge is 2.13. The zero-order valence-electron chi connectivity index (χ0n) is 10.3. The third-order valence-corrected chi connectivity index (χ3v) is 2.88. The Balaban J connectivity index is 2.56. The van der Waals surface area contributed by atoms with Crippen molar-refractivity contribution in [2.75, 3.05) is 5.43 Å². The van der Waals surface area contributed by atoms with Gasteiger partial charge in [0.1, 0.15) is 5.02 Å². The molecule has 0 aliphatic carbocycles. The first kappa shape index (κ1) is 12.8. The zero-order valence-corrected chi connectivity index (χ0v) is 11.1. The number of hydrogen-bond acceptors (Lipinski definition) is 5. The van der Waals surface area contributed by atoms with E-state index in [0.29, 0.717) is 16.8 Å². The van der Waals surface area contributed by atoms with E-state index in [1.165, 1.54) is 6.20 Å². The van der Waals surface area contributed by atoms with Gasteiger partial charge >= 0.3 is 0 Å². The zero-order chi connectivity index (χ0) is 13.1. The molecule has 0 fully saturated rings. The van der Waals surface area contributed by atoms with Crippen LogP contribution in [-0.2, 0) is 12.8 Å². The summed E-state index contributed by atoms with van der Waals surface area (Å²) >= 11 is 6.11. The maximum Gasteiger partial charge on any atom is 0.239 e. The number of anilines is 1. The Hall–Kier alpha value is -1.66. The van der Waals surface area contributed by atoms with Crippen molar-refractivity contribution >= 4 is 17.5 Å². The Morgan fingerprint density at radius 3 is 2.78 bits per heavy atom. The quantitative estimate of drug-likeness (QED) is 0.651. The van der Waals surface area contributed by atoms with E-state index in [1.54, 1.807) is 4.68 Å². The van der Waals surface area contributed by atoms with Crippen LogP contribution in [0.3, 0.4) is 0 Å². The Morgan fingerprint density at radius 1 is 1.39 bits per heavy atom. The van der Waals surface area contributed by atoms with Crippen molar-refractivity contribution in [2.45, 2.75) is 26.7 Å². The molecule has 7 heteroatoms. The van der Waals surface area contributed by atoms with Crippen LogP contribution in [0.15, 0.2) is 12.3 Å². The number of halogens is 1. The highest BCUT2D eigenvalue weighted by molar-refractivity contribution is 6.32. The lowest BCUT2D eigenvalue weighted by atomic mass is 10.2. The van der Waals surface area contributed by atoms with Crippen LogP contribution in [0.25, 0.3) is 5.82 Å². The molecule has 0 unspecified atom stereocenters. The van der Waals surface area contributed by atoms with E-state index in [-0.39, 0.29) is 0 Å². The summed E-state index contributed by atoms with van der Waals surface area (Å²) in [5.41, 5.74) is 4.46. The topological polar surface area (TPSA) is 81.7 Å². The second kappa shape index (κ2) is 5.32. The number of nitrogen functional groups attached to an aromatic ring is 1. The summed E-state index contributed by atoms with van der Waals surface area (Å²) in [4.78, 5) is 8.18. The summed E-state index contributed by atoms with van der Waals surface area (Å²) in [7, 11) is 0. The molecule has 0 aliphatic heterocycles. The number of nitrogens with two attached hydrogens (primary N) is 1. The molecule has 0 bridgehead atoms. The monoisotopic (exact) mass is 266 g/mol. The molecule has 96 valence electrons. The van der Waals surface area contributed by atoms with Gasteiger partial charge in [0, 0.05) is 5.69 Å². The van der Waals surface area contributed by atoms with Gasteiger partial charge in [0.25, 0.3) is 0 Å². The average Bonchev–Trinajstić information content (AvgIpc) is 2.82. The Morgan fingerprint density at radius 2 is 2.17 bits per heavy atom. The SMILES string of the molecule is CCc1cc(CC)n(-c2nc(NN)ncc2Cl)n1. The van der Waals surface area contributed by atoms with Gasteiger partial charge in [-0.25, -0.2) is 15.5 Å². The lowest BCUT2D eigenvalue weighted by Crippen LogP contribution is -2.13. The molecular weight excluding hydrogens is 252 g/mol. The highest BCUT2D eigenvalue weighted by atomic mass is 35.5. The molecule has 6 nitrogen and oxygen atoms in total. The first-order chi connectivity index (χ1) is 8.69. The third-order valence-electron chi connectivity index (χ3n) is 2.61. The lowest BCUT2D eigenvalue weighted by Gasteiger charge is -2.08. The first-order valence-electron chi connectivity index (χ1n) is 5.76. The number of rotatable bonds is 4. The molecule has 0 atom stereocenters. The van der Waals surface area contributed by atoms with Gasteiger partial charge in [-0.2, -0.15) is 10.1 Å². The maximum absolute atomic E-state index is 6.11. The van der Waals surface area contributed by atoms with Crippen molar-refractivity contribution in [1.29, 1.82) is 0 Å². The van der Waals surface area contributed by atoms with Gasteiger partial charge in [0.05, 0.1) is 11.9 Å². The van der Waals surface area contributed by atoms with E-state index in [2.05, 4.69) is 34.3 Å². The molecule has 0 amide bonds. The largest absolute Gasteiger partial charge is 0.292 e. The standard InChI is InChI=1S/C11H15ClN6/c1-3-7-5-8(4-2)18(17-7)10-9(12)6-14-11(15-10)16-13/h5-6H,3-4,13H2,1-2H3,(H,14,15,16). The summed E-state index contributed by atoms with van der Waals surface area (Å²) in [6.07, 6.45) is 3.22. The van der Waals surface area contributed by atoms with E-state index in [9.17, 15) is 0 Å². The molecule has 2 heterocycles. The van der Waals surface area contributed by atoms with Crippen molar-refractivity contribution in [3.63, 3.8) is 0 Å². The number of hydrogen-bond donors (Lipinski definition) is 2. The Bertz CT molecular complexity index is 550. The summed E-state index contributed by atoms with van der Waals surface area (Å²) in [5.74, 6) is 6.15. The molecule has 2 aromatic heterocycles. The van der Waals surface area contributed by atoms with Crippen LogP contribution in [0.4, 0.5) is 5.95 Å². The van der Waals surface area contributed by atoms with Crippen molar-refractivity contribution in [3.05, 3.63) is 28.7 Å². The van der Waals surface area contributed by atoms with Gasteiger partial charge in [-0.05, 0) is 18.9 Å². The van der Waals surface area contributed by atoms with Gasteiger partial charge in [0.2, 0.25) is 5.95 Å². The third kappa shape index (κ3) is 2.30. The molecule has 3 N–H and O–H groups in total. The van der Waals surface area contributed by atoms with Crippen molar-refractivity contribution in [3.8, 4) is 5.82 Å². The Kier molecular flexibility index (Phi) is 3.78. The summed E-state index contributed by atoms with van der Waals surface area (Å²) in [6.45, 7) is 4.12. The minimum Gasteiger partial charge on any atom is -0.292 e. The molecule has 2 rings (SSSR count). The van der Waals surface area contributed by atoms with E-state index in [0.717, 1.165) is 24.2 Å². The van der Waals surface area contributed by atoms with Crippen LogP contribution in [0.1, 0.15) is 25.2 Å². The predicted octanol–water partition coefficient (Wildman–Crippen LogP) is 1.73. The number of nitrogens with one attached hydrogen (secondary N) is 1. The van der Waals surface area contributed by atoms with Crippen LogP contribution in [0, 0.1) is 0 Å². The number of nitrogens with zero attached hydrogens (tertiary/aromatic N) is 4. The fourth-order valence-electron chi connectivity index (χ4n) is 1.66. The van der Waals surface area contributed by atoms with Crippen molar-refractivity contribution < 1.29 is 0 Å². The molecule has 0 radical (unpaired) electrons.